The Hall–Kier alpha value is -2.35. The first-order valence-corrected chi connectivity index (χ1v) is 6.45. The highest BCUT2D eigenvalue weighted by molar-refractivity contribution is 5.84. The van der Waals surface area contributed by atoms with Crippen molar-refractivity contribution in [3.63, 3.8) is 0 Å². The molecule has 0 aliphatic carbocycles. The third-order valence-corrected chi connectivity index (χ3v) is 3.31. The van der Waals surface area contributed by atoms with Crippen LogP contribution in [0.3, 0.4) is 0 Å². The summed E-state index contributed by atoms with van der Waals surface area (Å²) in [4.78, 5) is 4.16. The number of hydrogen-bond donors (Lipinski definition) is 1. The van der Waals surface area contributed by atoms with E-state index >= 15 is 0 Å². The second-order valence-electron chi connectivity index (χ2n) is 4.73. The number of nitrogens with one attached hydrogen (secondary N) is 1. The monoisotopic (exact) mass is 248 g/mol. The molecule has 0 aliphatic rings. The molecule has 3 aromatic rings. The first-order valence-electron chi connectivity index (χ1n) is 6.45. The van der Waals surface area contributed by atoms with Gasteiger partial charge in [-0.1, -0.05) is 35.9 Å². The van der Waals surface area contributed by atoms with E-state index in [1.807, 2.05) is 12.4 Å². The minimum Gasteiger partial charge on any atom is -0.381 e. The molecular formula is C17H16N2. The number of aromatic nitrogens is 1. The molecule has 0 saturated heterocycles. The first-order chi connectivity index (χ1) is 9.33. The van der Waals surface area contributed by atoms with Gasteiger partial charge in [-0.05, 0) is 36.1 Å². The predicted octanol–water partition coefficient (Wildman–Crippen LogP) is 4.16. The first kappa shape index (κ1) is 11.7. The number of rotatable bonds is 3. The molecule has 2 heteroatoms. The summed E-state index contributed by atoms with van der Waals surface area (Å²) in [5.41, 5.74) is 3.72. The molecular weight excluding hydrogens is 232 g/mol. The molecule has 0 radical (unpaired) electrons. The molecule has 0 atom stereocenters. The molecule has 0 spiro atoms. The van der Waals surface area contributed by atoms with Crippen LogP contribution in [0.1, 0.15) is 11.1 Å². The molecule has 0 amide bonds. The Morgan fingerprint density at radius 1 is 1.00 bits per heavy atom. The van der Waals surface area contributed by atoms with Crippen molar-refractivity contribution >= 4 is 16.5 Å². The third-order valence-electron chi connectivity index (χ3n) is 3.31. The van der Waals surface area contributed by atoms with Crippen molar-refractivity contribution in [3.8, 4) is 0 Å². The average molecular weight is 248 g/mol. The maximum atomic E-state index is 4.16. The van der Waals surface area contributed by atoms with E-state index in [1.54, 1.807) is 0 Å². The van der Waals surface area contributed by atoms with Gasteiger partial charge < -0.3 is 5.32 Å². The highest BCUT2D eigenvalue weighted by Crippen LogP contribution is 2.19. The summed E-state index contributed by atoms with van der Waals surface area (Å²) in [6.07, 6.45) is 3.75. The van der Waals surface area contributed by atoms with E-state index in [1.165, 1.54) is 21.9 Å². The SMILES string of the molecule is Cc1ccc(NCc2cccc3cnccc23)cc1. The molecule has 0 unspecified atom stereocenters. The van der Waals surface area contributed by atoms with Crippen LogP contribution < -0.4 is 5.32 Å². The Morgan fingerprint density at radius 3 is 2.68 bits per heavy atom. The fourth-order valence-electron chi connectivity index (χ4n) is 2.21. The Bertz CT molecular complexity index is 682. The minimum atomic E-state index is 0.824. The summed E-state index contributed by atoms with van der Waals surface area (Å²) in [6.45, 7) is 2.92. The van der Waals surface area contributed by atoms with Crippen molar-refractivity contribution in [2.24, 2.45) is 0 Å². The molecule has 0 bridgehead atoms. The maximum Gasteiger partial charge on any atom is 0.0406 e. The summed E-state index contributed by atoms with van der Waals surface area (Å²) in [5, 5.41) is 5.91. The topological polar surface area (TPSA) is 24.9 Å². The standard InChI is InChI=1S/C17H16N2/c1-13-5-7-16(8-6-13)19-12-15-4-2-3-14-11-18-10-9-17(14)15/h2-11,19H,12H2,1H3. The Kier molecular flexibility index (Phi) is 3.15. The van der Waals surface area contributed by atoms with E-state index in [2.05, 4.69) is 65.8 Å². The van der Waals surface area contributed by atoms with Crippen LogP contribution in [0.5, 0.6) is 0 Å². The molecule has 1 aromatic heterocycles. The lowest BCUT2D eigenvalue weighted by atomic mass is 10.1. The number of hydrogen-bond acceptors (Lipinski definition) is 2. The van der Waals surface area contributed by atoms with Crippen molar-refractivity contribution in [3.05, 3.63) is 72.1 Å². The number of aryl methyl sites for hydroxylation is 1. The van der Waals surface area contributed by atoms with Crippen LogP contribution >= 0.6 is 0 Å². The van der Waals surface area contributed by atoms with Crippen LogP contribution in [0, 0.1) is 6.92 Å². The van der Waals surface area contributed by atoms with Gasteiger partial charge in [0.05, 0.1) is 0 Å². The van der Waals surface area contributed by atoms with Gasteiger partial charge in [-0.3, -0.25) is 4.98 Å². The second-order valence-corrected chi connectivity index (χ2v) is 4.73. The Balaban J connectivity index is 1.84. The number of nitrogens with zero attached hydrogens (tertiary/aromatic N) is 1. The zero-order valence-corrected chi connectivity index (χ0v) is 10.9. The van der Waals surface area contributed by atoms with Crippen molar-refractivity contribution in [1.29, 1.82) is 0 Å². The highest BCUT2D eigenvalue weighted by Gasteiger charge is 2.00. The number of benzene rings is 2. The second kappa shape index (κ2) is 5.11. The fourth-order valence-corrected chi connectivity index (χ4v) is 2.21. The largest absolute Gasteiger partial charge is 0.381 e. The zero-order chi connectivity index (χ0) is 13.1. The van der Waals surface area contributed by atoms with Gasteiger partial charge in [-0.2, -0.15) is 0 Å². The van der Waals surface area contributed by atoms with E-state index < -0.39 is 0 Å². The normalized spacial score (nSPS) is 10.6. The quantitative estimate of drug-likeness (QED) is 0.753. The number of pyridine rings is 1. The fraction of sp³-hybridized carbons (Fsp3) is 0.118. The van der Waals surface area contributed by atoms with Crippen LogP contribution in [0.4, 0.5) is 5.69 Å². The van der Waals surface area contributed by atoms with Gasteiger partial charge in [-0.25, -0.2) is 0 Å². The lowest BCUT2D eigenvalue weighted by Crippen LogP contribution is -2.00. The lowest BCUT2D eigenvalue weighted by Gasteiger charge is -2.09. The molecule has 1 N–H and O–H groups in total. The van der Waals surface area contributed by atoms with Gasteiger partial charge in [0, 0.05) is 30.0 Å². The summed E-state index contributed by atoms with van der Waals surface area (Å²) >= 11 is 0. The van der Waals surface area contributed by atoms with Crippen LogP contribution in [0.25, 0.3) is 10.8 Å². The average Bonchev–Trinajstić information content (AvgIpc) is 2.47. The van der Waals surface area contributed by atoms with E-state index in [0.29, 0.717) is 0 Å². The summed E-state index contributed by atoms with van der Waals surface area (Å²) in [7, 11) is 0. The lowest BCUT2D eigenvalue weighted by molar-refractivity contribution is 1.16. The smallest absolute Gasteiger partial charge is 0.0406 e. The van der Waals surface area contributed by atoms with Crippen molar-refractivity contribution in [2.75, 3.05) is 5.32 Å². The molecule has 0 fully saturated rings. The molecule has 19 heavy (non-hydrogen) atoms. The zero-order valence-electron chi connectivity index (χ0n) is 10.9. The van der Waals surface area contributed by atoms with Gasteiger partial charge in [-0.15, -0.1) is 0 Å². The Morgan fingerprint density at radius 2 is 1.84 bits per heavy atom. The van der Waals surface area contributed by atoms with E-state index in [9.17, 15) is 0 Å². The van der Waals surface area contributed by atoms with Gasteiger partial charge >= 0.3 is 0 Å². The van der Waals surface area contributed by atoms with Gasteiger partial charge in [0.1, 0.15) is 0 Å². The van der Waals surface area contributed by atoms with Crippen LogP contribution in [-0.4, -0.2) is 4.98 Å². The van der Waals surface area contributed by atoms with E-state index in [0.717, 1.165) is 12.2 Å². The molecule has 0 aliphatic heterocycles. The highest BCUT2D eigenvalue weighted by atomic mass is 14.9. The molecule has 94 valence electrons. The number of fused-ring (bicyclic) bond motifs is 1. The third kappa shape index (κ3) is 2.58. The van der Waals surface area contributed by atoms with Crippen molar-refractivity contribution in [2.45, 2.75) is 13.5 Å². The van der Waals surface area contributed by atoms with Gasteiger partial charge in [0.2, 0.25) is 0 Å². The predicted molar refractivity (Wildman–Crippen MR) is 80.2 cm³/mol. The summed E-state index contributed by atoms with van der Waals surface area (Å²) < 4.78 is 0. The van der Waals surface area contributed by atoms with Crippen molar-refractivity contribution in [1.82, 2.24) is 4.98 Å². The molecule has 0 saturated carbocycles. The van der Waals surface area contributed by atoms with E-state index in [4.69, 9.17) is 0 Å². The van der Waals surface area contributed by atoms with Gasteiger partial charge in [0.25, 0.3) is 0 Å². The molecule has 2 nitrogen and oxygen atoms in total. The molecule has 3 rings (SSSR count). The molecule has 1 heterocycles. The number of anilines is 1. The van der Waals surface area contributed by atoms with Crippen LogP contribution in [0.15, 0.2) is 60.9 Å². The van der Waals surface area contributed by atoms with Crippen LogP contribution in [0.2, 0.25) is 0 Å². The van der Waals surface area contributed by atoms with Gasteiger partial charge in [0.15, 0.2) is 0 Å². The summed E-state index contributed by atoms with van der Waals surface area (Å²) in [5.74, 6) is 0. The minimum absolute atomic E-state index is 0.824. The van der Waals surface area contributed by atoms with E-state index in [-0.39, 0.29) is 0 Å². The Labute approximate surface area is 113 Å². The van der Waals surface area contributed by atoms with Crippen molar-refractivity contribution < 1.29 is 0 Å². The van der Waals surface area contributed by atoms with Crippen LogP contribution in [-0.2, 0) is 6.54 Å². The maximum absolute atomic E-state index is 4.16. The summed E-state index contributed by atoms with van der Waals surface area (Å²) in [6, 6.07) is 16.9. The molecule has 2 aromatic carbocycles.